The van der Waals surface area contributed by atoms with Crippen LogP contribution in [0.15, 0.2) is 42.5 Å². The van der Waals surface area contributed by atoms with E-state index in [-0.39, 0.29) is 5.91 Å². The van der Waals surface area contributed by atoms with Gasteiger partial charge >= 0.3 is 0 Å². The predicted molar refractivity (Wildman–Crippen MR) is 121 cm³/mol. The Morgan fingerprint density at radius 3 is 2.60 bits per heavy atom. The van der Waals surface area contributed by atoms with Crippen LogP contribution in [0.5, 0.6) is 11.5 Å². The maximum Gasteiger partial charge on any atom is 0.273 e. The van der Waals surface area contributed by atoms with E-state index in [9.17, 15) is 4.79 Å². The quantitative estimate of drug-likeness (QED) is 0.560. The fraction of sp³-hybridized carbons (Fsp3) is 0.364. The molecule has 1 aliphatic rings. The van der Waals surface area contributed by atoms with Gasteiger partial charge in [0.25, 0.3) is 5.91 Å². The molecule has 2 heterocycles. The van der Waals surface area contributed by atoms with Crippen molar-refractivity contribution < 1.29 is 14.3 Å². The van der Waals surface area contributed by atoms with Crippen LogP contribution in [0.2, 0.25) is 5.02 Å². The van der Waals surface area contributed by atoms with E-state index in [1.54, 1.807) is 4.90 Å². The van der Waals surface area contributed by atoms with Crippen molar-refractivity contribution in [2.24, 2.45) is 0 Å². The first-order valence-corrected chi connectivity index (χ1v) is 11.1. The van der Waals surface area contributed by atoms with Gasteiger partial charge in [-0.1, -0.05) is 35.1 Å². The number of hydrogen-bond acceptors (Lipinski definition) is 6. The number of hydrogen-bond donors (Lipinski definition) is 0. The van der Waals surface area contributed by atoms with Crippen LogP contribution >= 0.6 is 22.9 Å². The molecule has 6 nitrogen and oxygen atoms in total. The van der Waals surface area contributed by atoms with Gasteiger partial charge in [0.1, 0.15) is 6.10 Å². The Bertz CT molecular complexity index is 1060. The van der Waals surface area contributed by atoms with E-state index in [0.717, 1.165) is 23.2 Å². The second-order valence-electron chi connectivity index (χ2n) is 7.56. The van der Waals surface area contributed by atoms with Gasteiger partial charge < -0.3 is 14.4 Å². The van der Waals surface area contributed by atoms with Crippen LogP contribution < -0.4 is 14.4 Å². The lowest BCUT2D eigenvalue weighted by Gasteiger charge is -2.33. The average Bonchev–Trinajstić information content (AvgIpc) is 3.12. The highest BCUT2D eigenvalue weighted by molar-refractivity contribution is 7.22. The van der Waals surface area contributed by atoms with E-state index in [4.69, 9.17) is 26.1 Å². The molecule has 2 unspecified atom stereocenters. The first kappa shape index (κ1) is 20.9. The normalized spacial score (nSPS) is 18.0. The number of fused-ring (bicyclic) bond motifs is 2. The fourth-order valence-electron chi connectivity index (χ4n) is 3.39. The van der Waals surface area contributed by atoms with Crippen LogP contribution in [0.4, 0.5) is 5.13 Å². The maximum absolute atomic E-state index is 13.6. The van der Waals surface area contributed by atoms with Crippen molar-refractivity contribution in [3.8, 4) is 11.5 Å². The van der Waals surface area contributed by atoms with Gasteiger partial charge in [-0.2, -0.15) is 0 Å². The molecule has 0 spiro atoms. The Kier molecular flexibility index (Phi) is 6.13. The van der Waals surface area contributed by atoms with Crippen LogP contribution in [0.3, 0.4) is 0 Å². The molecule has 1 amide bonds. The number of thiazole rings is 1. The lowest BCUT2D eigenvalue weighted by molar-refractivity contribution is -0.130. The number of benzene rings is 2. The zero-order chi connectivity index (χ0) is 21.3. The minimum Gasteiger partial charge on any atom is -0.482 e. The summed E-state index contributed by atoms with van der Waals surface area (Å²) in [6.45, 7) is 3.26. The van der Waals surface area contributed by atoms with Crippen molar-refractivity contribution >= 4 is 44.2 Å². The van der Waals surface area contributed by atoms with Gasteiger partial charge in [0, 0.05) is 11.6 Å². The smallest absolute Gasteiger partial charge is 0.273 e. The molecule has 0 bridgehead atoms. The van der Waals surface area contributed by atoms with Crippen molar-refractivity contribution in [2.75, 3.05) is 32.1 Å². The van der Waals surface area contributed by atoms with Crippen molar-refractivity contribution in [1.29, 1.82) is 0 Å². The highest BCUT2D eigenvalue weighted by Gasteiger charge is 2.38. The summed E-state index contributed by atoms with van der Waals surface area (Å²) in [5.74, 6) is 1.09. The molecule has 0 aliphatic carbocycles. The molecule has 1 aliphatic heterocycles. The summed E-state index contributed by atoms with van der Waals surface area (Å²) in [5.41, 5.74) is 0.823. The topological polar surface area (TPSA) is 54.9 Å². The summed E-state index contributed by atoms with van der Waals surface area (Å²) in [6.07, 6.45) is -0.337. The summed E-state index contributed by atoms with van der Waals surface area (Å²) in [7, 11) is 4.03. The lowest BCUT2D eigenvalue weighted by Crippen LogP contribution is -2.51. The van der Waals surface area contributed by atoms with Gasteiger partial charge in [0.05, 0.1) is 10.2 Å². The van der Waals surface area contributed by atoms with Crippen LogP contribution in [-0.2, 0) is 4.79 Å². The third-order valence-corrected chi connectivity index (χ3v) is 6.19. The Morgan fingerprint density at radius 2 is 1.87 bits per heavy atom. The van der Waals surface area contributed by atoms with E-state index in [0.29, 0.717) is 28.2 Å². The molecule has 2 aromatic carbocycles. The molecule has 0 saturated heterocycles. The van der Waals surface area contributed by atoms with Crippen molar-refractivity contribution in [1.82, 2.24) is 9.88 Å². The molecule has 4 rings (SSSR count). The molecule has 1 aromatic heterocycles. The molecule has 8 heteroatoms. The molecule has 158 valence electrons. The minimum atomic E-state index is -0.741. The first-order valence-electron chi connectivity index (χ1n) is 9.87. The lowest BCUT2D eigenvalue weighted by atomic mass is 10.1. The molecular formula is C22H24ClN3O3S. The number of halogens is 1. The summed E-state index contributed by atoms with van der Waals surface area (Å²) in [6, 6.07) is 13.0. The van der Waals surface area contributed by atoms with Gasteiger partial charge in [-0.05, 0) is 64.3 Å². The number of carbonyl (C=O) groups excluding carboxylic acids is 1. The minimum absolute atomic E-state index is 0.152. The third-order valence-electron chi connectivity index (χ3n) is 4.91. The SMILES string of the molecule is CC1Oc2ccccc2OC1C(=O)N(CCCN(C)C)c1nc2ccc(Cl)cc2s1. The highest BCUT2D eigenvalue weighted by atomic mass is 35.5. The second-order valence-corrected chi connectivity index (χ2v) is 9.01. The second kappa shape index (κ2) is 8.79. The average molecular weight is 446 g/mol. The molecule has 30 heavy (non-hydrogen) atoms. The van der Waals surface area contributed by atoms with E-state index in [1.807, 2.05) is 63.5 Å². The fourth-order valence-corrected chi connectivity index (χ4v) is 4.66. The highest BCUT2D eigenvalue weighted by Crippen LogP contribution is 2.36. The summed E-state index contributed by atoms with van der Waals surface area (Å²) in [5, 5.41) is 1.29. The number of nitrogens with zero attached hydrogens (tertiary/aromatic N) is 3. The number of ether oxygens (including phenoxy) is 2. The van der Waals surface area contributed by atoms with Gasteiger partial charge in [-0.15, -0.1) is 0 Å². The zero-order valence-corrected chi connectivity index (χ0v) is 18.7. The standard InChI is InChI=1S/C22H24ClN3O3S/c1-14-20(29-18-8-5-4-7-17(18)28-14)21(27)26(12-6-11-25(2)3)22-24-16-10-9-15(23)13-19(16)30-22/h4-5,7-10,13-14,20H,6,11-12H2,1-3H3. The Hall–Kier alpha value is -2.35. The van der Waals surface area contributed by atoms with Crippen LogP contribution in [-0.4, -0.2) is 55.2 Å². The van der Waals surface area contributed by atoms with Gasteiger partial charge in [-0.25, -0.2) is 4.98 Å². The number of para-hydroxylation sites is 2. The maximum atomic E-state index is 13.6. The number of carbonyl (C=O) groups is 1. The zero-order valence-electron chi connectivity index (χ0n) is 17.2. The predicted octanol–water partition coefficient (Wildman–Crippen LogP) is 4.46. The van der Waals surface area contributed by atoms with Crippen LogP contribution in [0, 0.1) is 0 Å². The van der Waals surface area contributed by atoms with E-state index >= 15 is 0 Å². The number of anilines is 1. The monoisotopic (exact) mass is 445 g/mol. The van der Waals surface area contributed by atoms with Crippen molar-refractivity contribution in [2.45, 2.75) is 25.6 Å². The Labute approximate surface area is 185 Å². The largest absolute Gasteiger partial charge is 0.482 e. The molecule has 3 aromatic rings. The molecule has 0 saturated carbocycles. The Morgan fingerprint density at radius 1 is 1.13 bits per heavy atom. The molecule has 0 N–H and O–H groups in total. The Balaban J connectivity index is 1.63. The number of amides is 1. The van der Waals surface area contributed by atoms with Crippen molar-refractivity contribution in [3.63, 3.8) is 0 Å². The van der Waals surface area contributed by atoms with E-state index in [1.165, 1.54) is 11.3 Å². The molecule has 0 fully saturated rings. The first-order chi connectivity index (χ1) is 14.4. The van der Waals surface area contributed by atoms with Gasteiger partial charge in [0.15, 0.2) is 16.6 Å². The number of aromatic nitrogens is 1. The van der Waals surface area contributed by atoms with Crippen LogP contribution in [0.1, 0.15) is 13.3 Å². The summed E-state index contributed by atoms with van der Waals surface area (Å²) < 4.78 is 13.0. The summed E-state index contributed by atoms with van der Waals surface area (Å²) in [4.78, 5) is 22.1. The van der Waals surface area contributed by atoms with E-state index in [2.05, 4.69) is 4.90 Å². The summed E-state index contributed by atoms with van der Waals surface area (Å²) >= 11 is 7.59. The van der Waals surface area contributed by atoms with Gasteiger partial charge in [0.2, 0.25) is 6.10 Å². The third kappa shape index (κ3) is 4.38. The number of rotatable bonds is 6. The van der Waals surface area contributed by atoms with Gasteiger partial charge in [-0.3, -0.25) is 9.69 Å². The molecule has 0 radical (unpaired) electrons. The van der Waals surface area contributed by atoms with E-state index < -0.39 is 12.2 Å². The van der Waals surface area contributed by atoms with Crippen LogP contribution in [0.25, 0.3) is 10.2 Å². The molecule has 2 atom stereocenters. The molecular weight excluding hydrogens is 422 g/mol. The van der Waals surface area contributed by atoms with Crippen molar-refractivity contribution in [3.05, 3.63) is 47.5 Å².